The number of rotatable bonds is 8. The SMILES string of the molecule is C=CCC12CCCCC1=CC[C@H](CCCCCC)N2C(=O)Oc1ccccc1. The van der Waals surface area contributed by atoms with Crippen molar-refractivity contribution in [2.45, 2.75) is 89.1 Å². The largest absolute Gasteiger partial charge is 0.416 e. The molecule has 1 aliphatic heterocycles. The van der Waals surface area contributed by atoms with Crippen LogP contribution in [0, 0.1) is 0 Å². The summed E-state index contributed by atoms with van der Waals surface area (Å²) in [6, 6.07) is 9.69. The van der Waals surface area contributed by atoms with Crippen molar-refractivity contribution < 1.29 is 9.53 Å². The number of unbranched alkanes of at least 4 members (excludes halogenated alkanes) is 3. The van der Waals surface area contributed by atoms with Crippen molar-refractivity contribution in [2.24, 2.45) is 0 Å². The summed E-state index contributed by atoms with van der Waals surface area (Å²) < 4.78 is 5.86. The Bertz CT molecular complexity index is 681. The standard InChI is InChI=1S/C25H35NO2/c1-3-5-6-8-14-22-18-17-21-13-11-12-20-25(21,19-4-2)26(22)24(27)28-23-15-9-7-10-16-23/h4,7,9-10,15-17,22H,2-3,5-6,8,11-14,18-20H2,1H3/t22-,25?/m0/s1. The van der Waals surface area contributed by atoms with Gasteiger partial charge in [-0.1, -0.05) is 69.4 Å². The van der Waals surface area contributed by atoms with Crippen molar-refractivity contribution in [2.75, 3.05) is 0 Å². The first kappa shape index (κ1) is 20.7. The van der Waals surface area contributed by atoms with Crippen LogP contribution in [0.15, 0.2) is 54.6 Å². The van der Waals surface area contributed by atoms with E-state index in [1.54, 1.807) is 0 Å². The average Bonchev–Trinajstić information content (AvgIpc) is 2.71. The number of hydrogen-bond donors (Lipinski definition) is 0. The molecular formula is C25H35NO2. The Morgan fingerprint density at radius 1 is 1.25 bits per heavy atom. The molecule has 0 N–H and O–H groups in total. The van der Waals surface area contributed by atoms with Gasteiger partial charge in [-0.15, -0.1) is 6.58 Å². The molecule has 0 radical (unpaired) electrons. The lowest BCUT2D eigenvalue weighted by Crippen LogP contribution is -2.60. The van der Waals surface area contributed by atoms with Crippen molar-refractivity contribution in [3.8, 4) is 5.75 Å². The van der Waals surface area contributed by atoms with E-state index in [-0.39, 0.29) is 17.7 Å². The molecule has 0 spiro atoms. The molecule has 2 atom stereocenters. The minimum absolute atomic E-state index is 0.193. The topological polar surface area (TPSA) is 29.5 Å². The maximum absolute atomic E-state index is 13.4. The van der Waals surface area contributed by atoms with Crippen LogP contribution in [0.4, 0.5) is 4.79 Å². The molecule has 1 aliphatic carbocycles. The summed E-state index contributed by atoms with van der Waals surface area (Å²) >= 11 is 0. The van der Waals surface area contributed by atoms with Gasteiger partial charge < -0.3 is 4.74 Å². The number of ether oxygens (including phenoxy) is 1. The van der Waals surface area contributed by atoms with Gasteiger partial charge >= 0.3 is 6.09 Å². The van der Waals surface area contributed by atoms with Gasteiger partial charge in [-0.25, -0.2) is 4.79 Å². The minimum Gasteiger partial charge on any atom is -0.410 e. The van der Waals surface area contributed by atoms with Crippen molar-refractivity contribution in [3.05, 3.63) is 54.6 Å². The quantitative estimate of drug-likeness (QED) is 0.357. The molecule has 0 aromatic heterocycles. The van der Waals surface area contributed by atoms with Crippen LogP contribution in [-0.2, 0) is 0 Å². The summed E-state index contributed by atoms with van der Waals surface area (Å²) in [4.78, 5) is 15.6. The van der Waals surface area contributed by atoms with Gasteiger partial charge in [-0.05, 0) is 56.2 Å². The Morgan fingerprint density at radius 2 is 2.07 bits per heavy atom. The van der Waals surface area contributed by atoms with Crippen LogP contribution in [0.3, 0.4) is 0 Å². The number of carbonyl (C=O) groups excluding carboxylic acids is 1. The van der Waals surface area contributed by atoms with E-state index in [0.717, 1.165) is 38.5 Å². The minimum atomic E-state index is -0.237. The zero-order valence-electron chi connectivity index (χ0n) is 17.4. The highest BCUT2D eigenvalue weighted by Gasteiger charge is 2.48. The van der Waals surface area contributed by atoms with Crippen LogP contribution in [-0.4, -0.2) is 22.6 Å². The Hall–Kier alpha value is -2.03. The lowest BCUT2D eigenvalue weighted by Gasteiger charge is -2.53. The van der Waals surface area contributed by atoms with Gasteiger partial charge in [0.25, 0.3) is 0 Å². The maximum atomic E-state index is 13.4. The molecule has 3 nitrogen and oxygen atoms in total. The molecule has 0 saturated heterocycles. The van der Waals surface area contributed by atoms with Gasteiger partial charge in [-0.2, -0.15) is 0 Å². The third-order valence-electron chi connectivity index (χ3n) is 6.36. The second kappa shape index (κ2) is 9.95. The smallest absolute Gasteiger partial charge is 0.410 e. The molecule has 1 aromatic carbocycles. The highest BCUT2D eigenvalue weighted by atomic mass is 16.6. The summed E-state index contributed by atoms with van der Waals surface area (Å²) in [5.41, 5.74) is 1.19. The lowest BCUT2D eigenvalue weighted by molar-refractivity contribution is 0.0426. The fourth-order valence-electron chi connectivity index (χ4n) is 5.01. The van der Waals surface area contributed by atoms with E-state index in [2.05, 4.69) is 24.5 Å². The van der Waals surface area contributed by atoms with Gasteiger partial charge in [-0.3, -0.25) is 4.90 Å². The van der Waals surface area contributed by atoms with Crippen molar-refractivity contribution in [1.29, 1.82) is 0 Å². The molecule has 152 valence electrons. The molecule has 1 heterocycles. The molecule has 3 rings (SSSR count). The van der Waals surface area contributed by atoms with Crippen LogP contribution >= 0.6 is 0 Å². The van der Waals surface area contributed by atoms with Gasteiger partial charge in [0, 0.05) is 6.04 Å². The predicted molar refractivity (Wildman–Crippen MR) is 116 cm³/mol. The number of benzene rings is 1. The molecule has 2 aliphatic rings. The summed E-state index contributed by atoms with van der Waals surface area (Å²) in [7, 11) is 0. The number of hydrogen-bond acceptors (Lipinski definition) is 2. The van der Waals surface area contributed by atoms with E-state index in [1.807, 2.05) is 36.4 Å². The van der Waals surface area contributed by atoms with Crippen LogP contribution in [0.2, 0.25) is 0 Å². The Morgan fingerprint density at radius 3 is 2.82 bits per heavy atom. The second-order valence-corrected chi connectivity index (χ2v) is 8.25. The second-order valence-electron chi connectivity index (χ2n) is 8.25. The molecule has 0 bridgehead atoms. The summed E-state index contributed by atoms with van der Waals surface area (Å²) in [6.07, 6.45) is 16.4. The van der Waals surface area contributed by atoms with E-state index in [9.17, 15) is 4.79 Å². The molecule has 1 aromatic rings. The van der Waals surface area contributed by atoms with E-state index in [4.69, 9.17) is 4.74 Å². The Balaban J connectivity index is 1.87. The molecule has 1 amide bonds. The Labute approximate surface area is 170 Å². The van der Waals surface area contributed by atoms with E-state index in [0.29, 0.717) is 5.75 Å². The zero-order valence-corrected chi connectivity index (χ0v) is 17.4. The first-order chi connectivity index (χ1) is 13.7. The number of amides is 1. The molecule has 3 heteroatoms. The van der Waals surface area contributed by atoms with E-state index < -0.39 is 0 Å². The monoisotopic (exact) mass is 381 g/mol. The number of carbonyl (C=O) groups is 1. The predicted octanol–water partition coefficient (Wildman–Crippen LogP) is 7.05. The Kier molecular flexibility index (Phi) is 7.36. The zero-order chi connectivity index (χ0) is 19.8. The average molecular weight is 382 g/mol. The highest BCUT2D eigenvalue weighted by molar-refractivity contribution is 5.73. The van der Waals surface area contributed by atoms with Crippen molar-refractivity contribution in [3.63, 3.8) is 0 Å². The molecule has 28 heavy (non-hydrogen) atoms. The summed E-state index contributed by atoms with van der Waals surface area (Å²) in [6.45, 7) is 6.26. The van der Waals surface area contributed by atoms with E-state index >= 15 is 0 Å². The van der Waals surface area contributed by atoms with Gasteiger partial charge in [0.15, 0.2) is 0 Å². The third kappa shape index (κ3) is 4.51. The molecule has 1 unspecified atom stereocenters. The lowest BCUT2D eigenvalue weighted by atomic mass is 9.70. The van der Waals surface area contributed by atoms with Gasteiger partial charge in [0.05, 0.1) is 5.54 Å². The van der Waals surface area contributed by atoms with Crippen LogP contribution in [0.1, 0.15) is 77.6 Å². The maximum Gasteiger partial charge on any atom is 0.416 e. The molecule has 1 saturated carbocycles. The number of nitrogens with zero attached hydrogens (tertiary/aromatic N) is 1. The van der Waals surface area contributed by atoms with Gasteiger partial charge in [0.1, 0.15) is 5.75 Å². The first-order valence-corrected chi connectivity index (χ1v) is 11.1. The molecular weight excluding hydrogens is 346 g/mol. The number of para-hydroxylation sites is 1. The fraction of sp³-hybridized carbons (Fsp3) is 0.560. The fourth-order valence-corrected chi connectivity index (χ4v) is 5.01. The van der Waals surface area contributed by atoms with Crippen LogP contribution in [0.5, 0.6) is 5.75 Å². The van der Waals surface area contributed by atoms with Crippen LogP contribution in [0.25, 0.3) is 0 Å². The van der Waals surface area contributed by atoms with Crippen LogP contribution < -0.4 is 4.74 Å². The highest BCUT2D eigenvalue weighted by Crippen LogP contribution is 2.46. The van der Waals surface area contributed by atoms with Gasteiger partial charge in [0.2, 0.25) is 0 Å². The summed E-state index contributed by atoms with van der Waals surface area (Å²) in [5.74, 6) is 0.623. The third-order valence-corrected chi connectivity index (χ3v) is 6.36. The van der Waals surface area contributed by atoms with Crippen molar-refractivity contribution in [1.82, 2.24) is 4.90 Å². The molecule has 1 fully saturated rings. The normalized spacial score (nSPS) is 24.2. The first-order valence-electron chi connectivity index (χ1n) is 11.1. The van der Waals surface area contributed by atoms with E-state index in [1.165, 1.54) is 37.7 Å². The summed E-state index contributed by atoms with van der Waals surface area (Å²) in [5, 5.41) is 0. The number of fused-ring (bicyclic) bond motifs is 1. The van der Waals surface area contributed by atoms with Crippen molar-refractivity contribution >= 4 is 6.09 Å².